The van der Waals surface area contributed by atoms with Crippen LogP contribution in [0.5, 0.6) is 0 Å². The highest BCUT2D eigenvalue weighted by Crippen LogP contribution is 2.30. The number of likely N-dealkylation sites (N-methyl/N-ethyl adjacent to an activating group) is 1. The van der Waals surface area contributed by atoms with Crippen molar-refractivity contribution in [3.05, 3.63) is 83.4 Å². The molecule has 0 aliphatic carbocycles. The SMILES string of the molecule is CN1CCN(C(C)(C(=O)NCc2ccc(F)c3ccccc23)c2ccc(F)cc2)CC1. The molecule has 31 heavy (non-hydrogen) atoms. The Labute approximate surface area is 181 Å². The number of carbonyl (C=O) groups is 1. The van der Waals surface area contributed by atoms with Gasteiger partial charge in [0, 0.05) is 38.1 Å². The summed E-state index contributed by atoms with van der Waals surface area (Å²) in [6.45, 7) is 5.35. The van der Waals surface area contributed by atoms with Gasteiger partial charge in [0.15, 0.2) is 0 Å². The fourth-order valence-electron chi connectivity index (χ4n) is 4.31. The van der Waals surface area contributed by atoms with Crippen LogP contribution in [0.4, 0.5) is 8.78 Å². The van der Waals surface area contributed by atoms with Crippen molar-refractivity contribution in [1.82, 2.24) is 15.1 Å². The number of amides is 1. The molecule has 1 fully saturated rings. The van der Waals surface area contributed by atoms with E-state index >= 15 is 0 Å². The lowest BCUT2D eigenvalue weighted by Gasteiger charge is -2.44. The van der Waals surface area contributed by atoms with E-state index in [-0.39, 0.29) is 24.1 Å². The monoisotopic (exact) mass is 423 g/mol. The van der Waals surface area contributed by atoms with Crippen molar-refractivity contribution in [3.8, 4) is 0 Å². The zero-order valence-electron chi connectivity index (χ0n) is 17.9. The lowest BCUT2D eigenvalue weighted by molar-refractivity contribution is -0.135. The summed E-state index contributed by atoms with van der Waals surface area (Å²) in [5.41, 5.74) is 0.662. The molecule has 162 valence electrons. The highest BCUT2D eigenvalue weighted by atomic mass is 19.1. The molecule has 3 aromatic rings. The number of nitrogens with one attached hydrogen (secondary N) is 1. The summed E-state index contributed by atoms with van der Waals surface area (Å²) in [4.78, 5) is 18.0. The average Bonchev–Trinajstić information content (AvgIpc) is 2.79. The van der Waals surface area contributed by atoms with E-state index in [4.69, 9.17) is 0 Å². The first-order valence-electron chi connectivity index (χ1n) is 10.5. The second kappa shape index (κ2) is 8.73. The molecule has 0 aromatic heterocycles. The van der Waals surface area contributed by atoms with Crippen LogP contribution in [0.15, 0.2) is 60.7 Å². The zero-order chi connectivity index (χ0) is 22.0. The lowest BCUT2D eigenvalue weighted by Crippen LogP contribution is -2.59. The van der Waals surface area contributed by atoms with Crippen LogP contribution in [0, 0.1) is 11.6 Å². The van der Waals surface area contributed by atoms with E-state index in [0.717, 1.165) is 42.7 Å². The number of halogens is 2. The molecule has 3 aromatic carbocycles. The number of piperazine rings is 1. The molecular weight excluding hydrogens is 396 g/mol. The van der Waals surface area contributed by atoms with Gasteiger partial charge >= 0.3 is 0 Å². The molecule has 1 unspecified atom stereocenters. The molecule has 6 heteroatoms. The molecule has 1 aliphatic heterocycles. The highest BCUT2D eigenvalue weighted by molar-refractivity contribution is 5.89. The molecule has 0 radical (unpaired) electrons. The van der Waals surface area contributed by atoms with Gasteiger partial charge in [-0.25, -0.2) is 8.78 Å². The van der Waals surface area contributed by atoms with Gasteiger partial charge in [0.1, 0.15) is 17.2 Å². The van der Waals surface area contributed by atoms with Gasteiger partial charge in [-0.05, 0) is 48.7 Å². The van der Waals surface area contributed by atoms with E-state index in [9.17, 15) is 13.6 Å². The Morgan fingerprint density at radius 1 is 0.935 bits per heavy atom. The fraction of sp³-hybridized carbons (Fsp3) is 0.320. The summed E-state index contributed by atoms with van der Waals surface area (Å²) >= 11 is 0. The van der Waals surface area contributed by atoms with Gasteiger partial charge in [0.2, 0.25) is 5.91 Å². The van der Waals surface area contributed by atoms with E-state index in [1.807, 2.05) is 19.1 Å². The van der Waals surface area contributed by atoms with Gasteiger partial charge in [0.25, 0.3) is 0 Å². The van der Waals surface area contributed by atoms with Gasteiger partial charge in [-0.2, -0.15) is 0 Å². The third-order valence-corrected chi connectivity index (χ3v) is 6.38. The first-order valence-corrected chi connectivity index (χ1v) is 10.5. The zero-order valence-corrected chi connectivity index (χ0v) is 17.9. The topological polar surface area (TPSA) is 35.6 Å². The Hall–Kier alpha value is -2.83. The molecule has 1 aliphatic rings. The molecule has 1 N–H and O–H groups in total. The Kier molecular flexibility index (Phi) is 6.03. The second-order valence-corrected chi connectivity index (χ2v) is 8.30. The maximum atomic E-state index is 14.2. The number of benzene rings is 3. The Morgan fingerprint density at radius 3 is 2.26 bits per heavy atom. The molecule has 0 bridgehead atoms. The van der Waals surface area contributed by atoms with Crippen LogP contribution in [-0.4, -0.2) is 48.9 Å². The maximum Gasteiger partial charge on any atom is 0.245 e. The molecular formula is C25H27F2N3O. The van der Waals surface area contributed by atoms with Crippen molar-refractivity contribution in [2.24, 2.45) is 0 Å². The van der Waals surface area contributed by atoms with E-state index in [1.165, 1.54) is 18.2 Å². The van der Waals surface area contributed by atoms with Crippen LogP contribution in [0.1, 0.15) is 18.1 Å². The third kappa shape index (κ3) is 4.18. The van der Waals surface area contributed by atoms with E-state index < -0.39 is 5.54 Å². The largest absolute Gasteiger partial charge is 0.350 e. The average molecular weight is 424 g/mol. The number of fused-ring (bicyclic) bond motifs is 1. The molecule has 1 atom stereocenters. The number of nitrogens with zero attached hydrogens (tertiary/aromatic N) is 2. The molecule has 4 rings (SSSR count). The quantitative estimate of drug-likeness (QED) is 0.676. The number of rotatable bonds is 5. The smallest absolute Gasteiger partial charge is 0.245 e. The van der Waals surface area contributed by atoms with Crippen molar-refractivity contribution in [3.63, 3.8) is 0 Å². The van der Waals surface area contributed by atoms with Crippen LogP contribution in [0.25, 0.3) is 10.8 Å². The second-order valence-electron chi connectivity index (χ2n) is 8.30. The van der Waals surface area contributed by atoms with Crippen LogP contribution < -0.4 is 5.32 Å². The number of carbonyl (C=O) groups excluding carboxylic acids is 1. The van der Waals surface area contributed by atoms with E-state index in [0.29, 0.717) is 5.39 Å². The summed E-state index contributed by atoms with van der Waals surface area (Å²) < 4.78 is 27.7. The van der Waals surface area contributed by atoms with Gasteiger partial charge in [0.05, 0.1) is 0 Å². The molecule has 1 heterocycles. The lowest BCUT2D eigenvalue weighted by atomic mass is 9.88. The standard InChI is InChI=1S/C25H27F2N3O/c1-25(19-8-10-20(26)11-9-19,30-15-13-29(2)14-16-30)24(31)28-17-18-7-12-23(27)22-6-4-3-5-21(18)22/h3-12H,13-17H2,1-2H3,(H,28,31). The van der Waals surface area contributed by atoms with Crippen LogP contribution in [0.3, 0.4) is 0 Å². The first kappa shape index (κ1) is 21.4. The first-order chi connectivity index (χ1) is 14.9. The predicted molar refractivity (Wildman–Crippen MR) is 119 cm³/mol. The van der Waals surface area contributed by atoms with Crippen LogP contribution in [-0.2, 0) is 16.9 Å². The predicted octanol–water partition coefficient (Wildman–Crippen LogP) is 3.90. The highest BCUT2D eigenvalue weighted by Gasteiger charge is 2.42. The molecule has 4 nitrogen and oxygen atoms in total. The summed E-state index contributed by atoms with van der Waals surface area (Å²) in [5, 5.41) is 4.38. The van der Waals surface area contributed by atoms with Gasteiger partial charge in [-0.1, -0.05) is 42.5 Å². The van der Waals surface area contributed by atoms with Gasteiger partial charge in [-0.3, -0.25) is 9.69 Å². The number of hydrogen-bond donors (Lipinski definition) is 1. The molecule has 1 saturated heterocycles. The molecule has 0 saturated carbocycles. The van der Waals surface area contributed by atoms with Gasteiger partial charge in [-0.15, -0.1) is 0 Å². The normalized spacial score (nSPS) is 17.4. The van der Waals surface area contributed by atoms with E-state index in [1.54, 1.807) is 30.3 Å². The number of hydrogen-bond acceptors (Lipinski definition) is 3. The van der Waals surface area contributed by atoms with Gasteiger partial charge < -0.3 is 10.2 Å². The minimum Gasteiger partial charge on any atom is -0.350 e. The van der Waals surface area contributed by atoms with Crippen molar-refractivity contribution < 1.29 is 13.6 Å². The Balaban J connectivity index is 1.62. The van der Waals surface area contributed by atoms with Crippen LogP contribution in [0.2, 0.25) is 0 Å². The minimum atomic E-state index is -0.940. The van der Waals surface area contributed by atoms with E-state index in [2.05, 4.69) is 22.2 Å². The third-order valence-electron chi connectivity index (χ3n) is 6.38. The van der Waals surface area contributed by atoms with Crippen molar-refractivity contribution in [2.45, 2.75) is 19.0 Å². The fourth-order valence-corrected chi connectivity index (χ4v) is 4.31. The molecule has 1 amide bonds. The molecule has 0 spiro atoms. The maximum absolute atomic E-state index is 14.2. The summed E-state index contributed by atoms with van der Waals surface area (Å²) in [7, 11) is 2.06. The van der Waals surface area contributed by atoms with Crippen LogP contribution >= 0.6 is 0 Å². The van der Waals surface area contributed by atoms with Crippen molar-refractivity contribution in [2.75, 3.05) is 33.2 Å². The Morgan fingerprint density at radius 2 is 1.58 bits per heavy atom. The van der Waals surface area contributed by atoms with Crippen molar-refractivity contribution in [1.29, 1.82) is 0 Å². The summed E-state index contributed by atoms with van der Waals surface area (Å²) in [6, 6.07) is 16.6. The Bertz CT molecular complexity index is 1080. The minimum absolute atomic E-state index is 0.155. The van der Waals surface area contributed by atoms with Crippen molar-refractivity contribution >= 4 is 16.7 Å². The summed E-state index contributed by atoms with van der Waals surface area (Å²) in [5.74, 6) is -0.765. The summed E-state index contributed by atoms with van der Waals surface area (Å²) in [6.07, 6.45) is 0.